The van der Waals surface area contributed by atoms with E-state index in [4.69, 9.17) is 5.73 Å². The summed E-state index contributed by atoms with van der Waals surface area (Å²) < 4.78 is 1.61. The van der Waals surface area contributed by atoms with Gasteiger partial charge in [0, 0.05) is 23.3 Å². The highest BCUT2D eigenvalue weighted by Gasteiger charge is 2.01. The molecule has 0 bridgehead atoms. The highest BCUT2D eigenvalue weighted by atomic mass is 32.1. The molecule has 0 aliphatic carbocycles. The fourth-order valence-corrected chi connectivity index (χ4v) is 1.76. The summed E-state index contributed by atoms with van der Waals surface area (Å²) in [5.74, 6) is 0.477. The van der Waals surface area contributed by atoms with E-state index >= 15 is 0 Å². The Morgan fingerprint density at radius 1 is 1.57 bits per heavy atom. The third-order valence-corrected chi connectivity index (χ3v) is 2.60. The fourth-order valence-electron chi connectivity index (χ4n) is 1.18. The van der Waals surface area contributed by atoms with Crippen molar-refractivity contribution in [2.75, 3.05) is 5.73 Å². The lowest BCUT2D eigenvalue weighted by Crippen LogP contribution is -2.13. The van der Waals surface area contributed by atoms with Gasteiger partial charge in [0.15, 0.2) is 0 Å². The van der Waals surface area contributed by atoms with Crippen LogP contribution in [0.25, 0.3) is 0 Å². The van der Waals surface area contributed by atoms with Crippen LogP contribution in [0.1, 0.15) is 5.56 Å². The van der Waals surface area contributed by atoms with Crippen molar-refractivity contribution in [3.63, 3.8) is 0 Å². The first-order chi connectivity index (χ1) is 6.77. The largest absolute Gasteiger partial charge is 0.383 e. The second-order valence-corrected chi connectivity index (χ2v) is 3.70. The molecule has 0 amide bonds. The molecule has 0 spiro atoms. The van der Waals surface area contributed by atoms with Gasteiger partial charge in [-0.3, -0.25) is 4.79 Å². The maximum atomic E-state index is 11.3. The summed E-state index contributed by atoms with van der Waals surface area (Å²) in [6.45, 7) is 0.488. The maximum absolute atomic E-state index is 11.3. The van der Waals surface area contributed by atoms with Crippen molar-refractivity contribution in [1.29, 1.82) is 0 Å². The molecular weight excluding hydrogens is 198 g/mol. The number of anilines is 1. The predicted molar refractivity (Wildman–Crippen MR) is 56.3 cm³/mol. The SMILES string of the molecule is Nc1ncccc1Cn1ccsc1=O. The third kappa shape index (κ3) is 1.67. The first kappa shape index (κ1) is 8.96. The lowest BCUT2D eigenvalue weighted by atomic mass is 10.2. The number of nitrogens with zero attached hydrogens (tertiary/aromatic N) is 2. The average molecular weight is 207 g/mol. The fraction of sp³-hybridized carbons (Fsp3) is 0.111. The summed E-state index contributed by atoms with van der Waals surface area (Å²) in [6.07, 6.45) is 3.38. The van der Waals surface area contributed by atoms with Crippen LogP contribution in [0, 0.1) is 0 Å². The molecule has 0 aliphatic rings. The molecule has 14 heavy (non-hydrogen) atoms. The molecule has 4 nitrogen and oxygen atoms in total. The number of hydrogen-bond donors (Lipinski definition) is 1. The quantitative estimate of drug-likeness (QED) is 0.797. The van der Waals surface area contributed by atoms with E-state index in [0.29, 0.717) is 12.4 Å². The van der Waals surface area contributed by atoms with Crippen molar-refractivity contribution in [1.82, 2.24) is 9.55 Å². The van der Waals surface area contributed by atoms with Crippen LogP contribution in [-0.4, -0.2) is 9.55 Å². The van der Waals surface area contributed by atoms with Gasteiger partial charge in [0.2, 0.25) is 0 Å². The summed E-state index contributed by atoms with van der Waals surface area (Å²) in [4.78, 5) is 15.2. The van der Waals surface area contributed by atoms with E-state index in [9.17, 15) is 4.79 Å². The van der Waals surface area contributed by atoms with E-state index in [1.54, 1.807) is 22.3 Å². The van der Waals surface area contributed by atoms with Crippen LogP contribution >= 0.6 is 11.3 Å². The van der Waals surface area contributed by atoms with Gasteiger partial charge in [0.05, 0.1) is 6.54 Å². The number of pyridine rings is 1. The Labute approximate surface area is 84.6 Å². The molecule has 2 aromatic heterocycles. The molecule has 0 unspecified atom stereocenters. The van der Waals surface area contributed by atoms with Crippen molar-refractivity contribution in [3.8, 4) is 0 Å². The molecule has 0 saturated carbocycles. The van der Waals surface area contributed by atoms with Crippen LogP contribution in [0.4, 0.5) is 5.82 Å². The van der Waals surface area contributed by atoms with Gasteiger partial charge in [-0.1, -0.05) is 17.4 Å². The van der Waals surface area contributed by atoms with Gasteiger partial charge in [-0.05, 0) is 6.07 Å². The lowest BCUT2D eigenvalue weighted by molar-refractivity contribution is 0.783. The van der Waals surface area contributed by atoms with E-state index in [1.807, 2.05) is 12.1 Å². The van der Waals surface area contributed by atoms with Crippen LogP contribution in [0.3, 0.4) is 0 Å². The van der Waals surface area contributed by atoms with Crippen molar-refractivity contribution in [2.45, 2.75) is 6.54 Å². The highest BCUT2D eigenvalue weighted by Crippen LogP contribution is 2.08. The minimum atomic E-state index is 0.0215. The van der Waals surface area contributed by atoms with E-state index in [0.717, 1.165) is 5.56 Å². The zero-order valence-corrected chi connectivity index (χ0v) is 8.20. The number of nitrogen functional groups attached to an aromatic ring is 1. The molecule has 0 aliphatic heterocycles. The topological polar surface area (TPSA) is 60.9 Å². The Morgan fingerprint density at radius 2 is 2.43 bits per heavy atom. The first-order valence-corrected chi connectivity index (χ1v) is 4.98. The van der Waals surface area contributed by atoms with Crippen molar-refractivity contribution in [2.24, 2.45) is 0 Å². The van der Waals surface area contributed by atoms with Crippen LogP contribution in [0.5, 0.6) is 0 Å². The van der Waals surface area contributed by atoms with Crippen LogP contribution < -0.4 is 10.6 Å². The molecule has 2 heterocycles. The number of aromatic nitrogens is 2. The minimum Gasteiger partial charge on any atom is -0.383 e. The van der Waals surface area contributed by atoms with Gasteiger partial charge in [-0.25, -0.2) is 4.98 Å². The number of thiazole rings is 1. The van der Waals surface area contributed by atoms with E-state index < -0.39 is 0 Å². The number of rotatable bonds is 2. The predicted octanol–water partition coefficient (Wildman–Crippen LogP) is 0.935. The monoisotopic (exact) mass is 207 g/mol. The Morgan fingerprint density at radius 3 is 3.07 bits per heavy atom. The molecule has 0 radical (unpaired) electrons. The normalized spacial score (nSPS) is 10.3. The summed E-state index contributed by atoms with van der Waals surface area (Å²) in [6, 6.07) is 3.68. The summed E-state index contributed by atoms with van der Waals surface area (Å²) in [5.41, 5.74) is 6.53. The second kappa shape index (κ2) is 3.63. The maximum Gasteiger partial charge on any atom is 0.307 e. The molecule has 2 aromatic rings. The zero-order valence-electron chi connectivity index (χ0n) is 7.38. The lowest BCUT2D eigenvalue weighted by Gasteiger charge is -2.03. The minimum absolute atomic E-state index is 0.0215. The Kier molecular flexibility index (Phi) is 2.32. The summed E-state index contributed by atoms with van der Waals surface area (Å²) in [5, 5.41) is 1.76. The van der Waals surface area contributed by atoms with Crippen molar-refractivity contribution < 1.29 is 0 Å². The summed E-state index contributed by atoms with van der Waals surface area (Å²) >= 11 is 1.18. The average Bonchev–Trinajstić information content (AvgIpc) is 2.56. The van der Waals surface area contributed by atoms with E-state index in [1.165, 1.54) is 11.3 Å². The molecule has 0 saturated heterocycles. The first-order valence-electron chi connectivity index (χ1n) is 4.10. The molecule has 2 N–H and O–H groups in total. The highest BCUT2D eigenvalue weighted by molar-refractivity contribution is 7.07. The Hall–Kier alpha value is -1.62. The van der Waals surface area contributed by atoms with Gasteiger partial charge in [0.25, 0.3) is 0 Å². The van der Waals surface area contributed by atoms with Gasteiger partial charge in [0.1, 0.15) is 5.82 Å². The van der Waals surface area contributed by atoms with Crippen molar-refractivity contribution in [3.05, 3.63) is 45.1 Å². The molecule has 0 atom stereocenters. The number of nitrogens with two attached hydrogens (primary N) is 1. The zero-order chi connectivity index (χ0) is 9.97. The molecular formula is C9H9N3OS. The van der Waals surface area contributed by atoms with Gasteiger partial charge in [-0.2, -0.15) is 0 Å². The van der Waals surface area contributed by atoms with Crippen LogP contribution in [0.2, 0.25) is 0 Å². The Balaban J connectivity index is 2.32. The Bertz CT molecular complexity index is 489. The van der Waals surface area contributed by atoms with Crippen LogP contribution in [0.15, 0.2) is 34.7 Å². The molecule has 0 fully saturated rings. The third-order valence-electron chi connectivity index (χ3n) is 1.91. The van der Waals surface area contributed by atoms with Gasteiger partial charge < -0.3 is 10.3 Å². The molecule has 5 heteroatoms. The van der Waals surface area contributed by atoms with Crippen LogP contribution in [-0.2, 0) is 6.54 Å². The smallest absolute Gasteiger partial charge is 0.307 e. The van der Waals surface area contributed by atoms with E-state index in [2.05, 4.69) is 4.98 Å². The molecule has 0 aromatic carbocycles. The van der Waals surface area contributed by atoms with Crippen molar-refractivity contribution >= 4 is 17.2 Å². The molecule has 72 valence electrons. The van der Waals surface area contributed by atoms with Gasteiger partial charge >= 0.3 is 4.87 Å². The second-order valence-electron chi connectivity index (χ2n) is 2.84. The molecule has 2 rings (SSSR count). The number of hydrogen-bond acceptors (Lipinski definition) is 4. The van der Waals surface area contributed by atoms with E-state index in [-0.39, 0.29) is 4.87 Å². The standard InChI is InChI=1S/C9H9N3OS/c10-8-7(2-1-3-11-8)6-12-4-5-14-9(12)13/h1-5H,6H2,(H2,10,11). The summed E-state index contributed by atoms with van der Waals surface area (Å²) in [7, 11) is 0. The van der Waals surface area contributed by atoms with Gasteiger partial charge in [-0.15, -0.1) is 0 Å².